The third-order valence-corrected chi connectivity index (χ3v) is 2.52. The lowest BCUT2D eigenvalue weighted by molar-refractivity contribution is -0.144. The van der Waals surface area contributed by atoms with Gasteiger partial charge in [-0.1, -0.05) is 12.2 Å². The Bertz CT molecular complexity index is 422. The number of rotatable bonds is 3. The van der Waals surface area contributed by atoms with Gasteiger partial charge in [0.25, 0.3) is 0 Å². The van der Waals surface area contributed by atoms with E-state index >= 15 is 0 Å². The summed E-state index contributed by atoms with van der Waals surface area (Å²) in [6.45, 7) is 7.11. The summed E-state index contributed by atoms with van der Waals surface area (Å²) < 4.78 is 10.0. The van der Waals surface area contributed by atoms with E-state index in [-0.39, 0.29) is 25.4 Å². The minimum atomic E-state index is -0.735. The summed E-state index contributed by atoms with van der Waals surface area (Å²) in [5.74, 6) is -0.832. The Balaban J connectivity index is 2.82. The standard InChI is InChI=1S/C14H21NO5/c1-5-19-12(17)9-10-7-6-8-11(16)15(10)13(18)20-14(2,3)4/h6-7,10H,5,8-9H2,1-4H3. The second-order valence-electron chi connectivity index (χ2n) is 5.45. The molecule has 1 unspecified atom stereocenters. The van der Waals surface area contributed by atoms with Crippen molar-refractivity contribution in [2.45, 2.75) is 52.2 Å². The van der Waals surface area contributed by atoms with Gasteiger partial charge >= 0.3 is 12.1 Å². The van der Waals surface area contributed by atoms with Gasteiger partial charge in [0.05, 0.1) is 19.1 Å². The summed E-state index contributed by atoms with van der Waals surface area (Å²) in [6, 6.07) is -0.648. The van der Waals surface area contributed by atoms with Crippen molar-refractivity contribution in [3.8, 4) is 0 Å². The first-order valence-corrected chi connectivity index (χ1v) is 6.62. The maximum absolute atomic E-state index is 12.1. The molecule has 0 fully saturated rings. The number of carbonyl (C=O) groups excluding carboxylic acids is 3. The second kappa shape index (κ2) is 6.54. The molecule has 6 heteroatoms. The molecule has 0 spiro atoms. The third kappa shape index (κ3) is 4.68. The maximum atomic E-state index is 12.1. The summed E-state index contributed by atoms with van der Waals surface area (Å²) in [4.78, 5) is 36.5. The van der Waals surface area contributed by atoms with Gasteiger partial charge in [-0.2, -0.15) is 0 Å². The number of carbonyl (C=O) groups is 3. The fourth-order valence-corrected chi connectivity index (χ4v) is 1.79. The average molecular weight is 283 g/mol. The van der Waals surface area contributed by atoms with Crippen LogP contribution in [0.3, 0.4) is 0 Å². The van der Waals surface area contributed by atoms with Crippen molar-refractivity contribution < 1.29 is 23.9 Å². The van der Waals surface area contributed by atoms with Gasteiger partial charge in [-0.15, -0.1) is 0 Å². The van der Waals surface area contributed by atoms with Crippen molar-refractivity contribution in [3.63, 3.8) is 0 Å². The molecule has 1 rings (SSSR count). The Morgan fingerprint density at radius 1 is 1.40 bits per heavy atom. The van der Waals surface area contributed by atoms with Gasteiger partial charge in [0, 0.05) is 6.42 Å². The maximum Gasteiger partial charge on any atom is 0.417 e. The zero-order valence-corrected chi connectivity index (χ0v) is 12.3. The summed E-state index contributed by atoms with van der Waals surface area (Å²) in [6.07, 6.45) is 2.63. The van der Waals surface area contributed by atoms with E-state index in [1.54, 1.807) is 39.8 Å². The molecule has 0 bridgehead atoms. The molecule has 0 aliphatic carbocycles. The third-order valence-electron chi connectivity index (χ3n) is 2.52. The van der Waals surface area contributed by atoms with Gasteiger partial charge in [-0.25, -0.2) is 9.69 Å². The molecular formula is C14H21NO5. The number of ether oxygens (including phenoxy) is 2. The predicted molar refractivity (Wildman–Crippen MR) is 71.9 cm³/mol. The molecule has 1 atom stereocenters. The Morgan fingerprint density at radius 3 is 2.60 bits per heavy atom. The van der Waals surface area contributed by atoms with E-state index in [4.69, 9.17) is 9.47 Å². The van der Waals surface area contributed by atoms with Gasteiger partial charge in [0.2, 0.25) is 5.91 Å². The van der Waals surface area contributed by atoms with E-state index in [1.165, 1.54) is 0 Å². The minimum absolute atomic E-state index is 0.0602. The van der Waals surface area contributed by atoms with Gasteiger partial charge in [0.15, 0.2) is 0 Å². The van der Waals surface area contributed by atoms with E-state index in [2.05, 4.69) is 0 Å². The number of hydrogen-bond acceptors (Lipinski definition) is 5. The van der Waals surface area contributed by atoms with Gasteiger partial charge in [-0.05, 0) is 27.7 Å². The monoisotopic (exact) mass is 283 g/mol. The molecule has 112 valence electrons. The molecule has 0 saturated heterocycles. The highest BCUT2D eigenvalue weighted by Gasteiger charge is 2.35. The van der Waals surface area contributed by atoms with Crippen LogP contribution in [0.25, 0.3) is 0 Å². The molecule has 0 saturated carbocycles. The highest BCUT2D eigenvalue weighted by atomic mass is 16.6. The Labute approximate surface area is 118 Å². The highest BCUT2D eigenvalue weighted by molar-refractivity contribution is 5.95. The molecule has 6 nitrogen and oxygen atoms in total. The van der Waals surface area contributed by atoms with Crippen molar-refractivity contribution in [2.75, 3.05) is 6.61 Å². The zero-order valence-electron chi connectivity index (χ0n) is 12.3. The second-order valence-corrected chi connectivity index (χ2v) is 5.45. The number of imide groups is 1. The normalized spacial score (nSPS) is 18.9. The van der Waals surface area contributed by atoms with Gasteiger partial charge in [0.1, 0.15) is 5.60 Å². The molecular weight excluding hydrogens is 262 g/mol. The fraction of sp³-hybridized carbons (Fsp3) is 0.643. The van der Waals surface area contributed by atoms with Crippen molar-refractivity contribution >= 4 is 18.0 Å². The molecule has 0 aromatic rings. The van der Waals surface area contributed by atoms with Gasteiger partial charge in [-0.3, -0.25) is 9.59 Å². The molecule has 20 heavy (non-hydrogen) atoms. The van der Waals surface area contributed by atoms with Crippen LogP contribution in [0.15, 0.2) is 12.2 Å². The molecule has 0 aromatic heterocycles. The van der Waals surface area contributed by atoms with Crippen molar-refractivity contribution in [1.29, 1.82) is 0 Å². The highest BCUT2D eigenvalue weighted by Crippen LogP contribution is 2.19. The first-order chi connectivity index (χ1) is 9.24. The van der Waals surface area contributed by atoms with Crippen molar-refractivity contribution in [1.82, 2.24) is 4.90 Å². The Hall–Kier alpha value is -1.85. The summed E-state index contributed by atoms with van der Waals surface area (Å²) >= 11 is 0. The zero-order chi connectivity index (χ0) is 15.3. The first-order valence-electron chi connectivity index (χ1n) is 6.62. The molecule has 1 aliphatic rings. The van der Waals surface area contributed by atoms with Crippen molar-refractivity contribution in [2.24, 2.45) is 0 Å². The van der Waals surface area contributed by atoms with Crippen LogP contribution in [0.1, 0.15) is 40.5 Å². The molecule has 0 radical (unpaired) electrons. The van der Waals surface area contributed by atoms with Crippen LogP contribution in [0, 0.1) is 0 Å². The number of hydrogen-bond donors (Lipinski definition) is 0. The average Bonchev–Trinajstić information content (AvgIpc) is 2.26. The Kier molecular flexibility index (Phi) is 5.30. The van der Waals surface area contributed by atoms with Crippen LogP contribution < -0.4 is 0 Å². The Morgan fingerprint density at radius 2 is 2.05 bits per heavy atom. The smallest absolute Gasteiger partial charge is 0.417 e. The van der Waals surface area contributed by atoms with E-state index in [0.29, 0.717) is 0 Å². The lowest BCUT2D eigenvalue weighted by atomic mass is 10.1. The number of amides is 2. The van der Waals surface area contributed by atoms with Gasteiger partial charge < -0.3 is 9.47 Å². The minimum Gasteiger partial charge on any atom is -0.466 e. The molecule has 1 aliphatic heterocycles. The summed E-state index contributed by atoms with van der Waals surface area (Å²) in [7, 11) is 0. The van der Waals surface area contributed by atoms with Crippen LogP contribution in [-0.4, -0.2) is 41.1 Å². The van der Waals surface area contributed by atoms with E-state index in [1.807, 2.05) is 0 Å². The largest absolute Gasteiger partial charge is 0.466 e. The number of esters is 1. The van der Waals surface area contributed by atoms with Crippen LogP contribution in [0.2, 0.25) is 0 Å². The van der Waals surface area contributed by atoms with E-state index in [0.717, 1.165) is 4.90 Å². The first kappa shape index (κ1) is 16.2. The van der Waals surface area contributed by atoms with Crippen molar-refractivity contribution in [3.05, 3.63) is 12.2 Å². The van der Waals surface area contributed by atoms with Crippen LogP contribution in [-0.2, 0) is 19.1 Å². The topological polar surface area (TPSA) is 72.9 Å². The quantitative estimate of drug-likeness (QED) is 0.585. The lowest BCUT2D eigenvalue weighted by Gasteiger charge is -2.32. The van der Waals surface area contributed by atoms with Crippen LogP contribution >= 0.6 is 0 Å². The molecule has 2 amide bonds. The lowest BCUT2D eigenvalue weighted by Crippen LogP contribution is -2.48. The van der Waals surface area contributed by atoms with Crippen LogP contribution in [0.4, 0.5) is 4.79 Å². The molecule has 0 N–H and O–H groups in total. The summed E-state index contributed by atoms with van der Waals surface area (Å²) in [5.41, 5.74) is -0.701. The SMILES string of the molecule is CCOC(=O)CC1C=CCC(=O)N1C(=O)OC(C)(C)C. The van der Waals surface area contributed by atoms with Crippen LogP contribution in [0.5, 0.6) is 0 Å². The summed E-state index contributed by atoms with van der Waals surface area (Å²) in [5, 5.41) is 0. The van der Waals surface area contributed by atoms with E-state index < -0.39 is 23.7 Å². The predicted octanol–water partition coefficient (Wildman–Crippen LogP) is 2.03. The molecule has 0 aromatic carbocycles. The fourth-order valence-electron chi connectivity index (χ4n) is 1.79. The molecule has 1 heterocycles. The number of nitrogens with zero attached hydrogens (tertiary/aromatic N) is 1. The van der Waals surface area contributed by atoms with E-state index in [9.17, 15) is 14.4 Å².